The van der Waals surface area contributed by atoms with Crippen molar-refractivity contribution in [2.75, 3.05) is 6.54 Å². The minimum atomic E-state index is -1.28. The van der Waals surface area contributed by atoms with Crippen LogP contribution in [0, 0.1) is 21.7 Å². The Balaban J connectivity index is 2.42. The van der Waals surface area contributed by atoms with Crippen molar-refractivity contribution in [3.63, 3.8) is 0 Å². The monoisotopic (exact) mass is 294 g/mol. The maximum absolute atomic E-state index is 14.0. The lowest BCUT2D eigenvalue weighted by Gasteiger charge is -2.05. The van der Waals surface area contributed by atoms with Crippen LogP contribution in [0.4, 0.5) is 14.5 Å². The summed E-state index contributed by atoms with van der Waals surface area (Å²) in [4.78, 5) is 17.5. The van der Waals surface area contributed by atoms with Crippen LogP contribution in [-0.4, -0.2) is 21.4 Å². The normalized spacial score (nSPS) is 10.6. The van der Waals surface area contributed by atoms with Gasteiger partial charge in [-0.1, -0.05) is 6.92 Å². The first-order chi connectivity index (χ1) is 10.0. The average molecular weight is 294 g/mol. The van der Waals surface area contributed by atoms with Gasteiger partial charge in [-0.3, -0.25) is 10.1 Å². The van der Waals surface area contributed by atoms with Gasteiger partial charge in [0.1, 0.15) is 5.82 Å². The molecule has 0 bridgehead atoms. The second-order valence-corrected chi connectivity index (χ2v) is 4.21. The first-order valence-electron chi connectivity index (χ1n) is 6.19. The van der Waals surface area contributed by atoms with Crippen LogP contribution < -0.4 is 5.32 Å². The molecule has 2 aromatic rings. The zero-order valence-electron chi connectivity index (χ0n) is 11.1. The van der Waals surface area contributed by atoms with Crippen LogP contribution in [0.5, 0.6) is 0 Å². The number of nitrogens with zero attached hydrogens (tertiary/aromatic N) is 3. The molecule has 0 aliphatic carbocycles. The summed E-state index contributed by atoms with van der Waals surface area (Å²) in [6.07, 6.45) is 2.84. The standard InChI is InChI=1S/C13H12F2N4O2/c1-2-16-5-8-6-17-13(18-7-8)11-9(14)3-4-10(12(11)15)19(20)21/h3-4,6-7,16H,2,5H2,1H3. The lowest BCUT2D eigenvalue weighted by molar-refractivity contribution is -0.387. The van der Waals surface area contributed by atoms with Crippen molar-refractivity contribution >= 4 is 5.69 Å². The van der Waals surface area contributed by atoms with Crippen LogP contribution in [0.25, 0.3) is 11.4 Å². The Bertz CT molecular complexity index is 662. The highest BCUT2D eigenvalue weighted by molar-refractivity contribution is 5.61. The van der Waals surface area contributed by atoms with Crippen molar-refractivity contribution in [1.29, 1.82) is 0 Å². The Morgan fingerprint density at radius 2 is 1.95 bits per heavy atom. The molecule has 0 radical (unpaired) electrons. The molecule has 1 N–H and O–H groups in total. The molecule has 0 aliphatic rings. The zero-order valence-corrected chi connectivity index (χ0v) is 11.1. The molecule has 1 aromatic carbocycles. The quantitative estimate of drug-likeness (QED) is 0.676. The van der Waals surface area contributed by atoms with Gasteiger partial charge in [-0.25, -0.2) is 14.4 Å². The van der Waals surface area contributed by atoms with E-state index in [1.54, 1.807) is 0 Å². The molecule has 2 rings (SSSR count). The Labute approximate surface area is 119 Å². The third-order valence-electron chi connectivity index (χ3n) is 2.78. The minimum Gasteiger partial charge on any atom is -0.313 e. The summed E-state index contributed by atoms with van der Waals surface area (Å²) in [6.45, 7) is 3.22. The number of nitro benzene ring substituents is 1. The van der Waals surface area contributed by atoms with E-state index in [0.29, 0.717) is 6.54 Å². The van der Waals surface area contributed by atoms with Gasteiger partial charge < -0.3 is 5.32 Å². The van der Waals surface area contributed by atoms with E-state index in [0.717, 1.165) is 24.2 Å². The molecule has 0 saturated carbocycles. The lowest BCUT2D eigenvalue weighted by atomic mass is 10.1. The van der Waals surface area contributed by atoms with E-state index >= 15 is 0 Å². The predicted octanol–water partition coefficient (Wildman–Crippen LogP) is 2.44. The van der Waals surface area contributed by atoms with Crippen LogP contribution in [0.1, 0.15) is 12.5 Å². The molecule has 1 heterocycles. The van der Waals surface area contributed by atoms with Crippen LogP contribution >= 0.6 is 0 Å². The third-order valence-corrected chi connectivity index (χ3v) is 2.78. The van der Waals surface area contributed by atoms with Crippen molar-refractivity contribution in [3.8, 4) is 11.4 Å². The second-order valence-electron chi connectivity index (χ2n) is 4.21. The van der Waals surface area contributed by atoms with Gasteiger partial charge >= 0.3 is 5.69 Å². The molecule has 8 heteroatoms. The maximum Gasteiger partial charge on any atom is 0.305 e. The van der Waals surface area contributed by atoms with E-state index < -0.39 is 27.8 Å². The van der Waals surface area contributed by atoms with Gasteiger partial charge in [0.2, 0.25) is 5.82 Å². The number of benzene rings is 1. The van der Waals surface area contributed by atoms with Crippen molar-refractivity contribution in [2.24, 2.45) is 0 Å². The molecule has 0 atom stereocenters. The van der Waals surface area contributed by atoms with E-state index in [4.69, 9.17) is 0 Å². The van der Waals surface area contributed by atoms with Gasteiger partial charge in [-0.2, -0.15) is 4.39 Å². The smallest absolute Gasteiger partial charge is 0.305 e. The average Bonchev–Trinajstić information content (AvgIpc) is 2.46. The van der Waals surface area contributed by atoms with E-state index in [1.165, 1.54) is 12.4 Å². The Hall–Kier alpha value is -2.48. The predicted molar refractivity (Wildman–Crippen MR) is 71.4 cm³/mol. The number of hydrogen-bond donors (Lipinski definition) is 1. The molecule has 110 valence electrons. The van der Waals surface area contributed by atoms with Crippen molar-refractivity contribution < 1.29 is 13.7 Å². The number of hydrogen-bond acceptors (Lipinski definition) is 5. The Morgan fingerprint density at radius 3 is 2.52 bits per heavy atom. The fraction of sp³-hybridized carbons (Fsp3) is 0.231. The van der Waals surface area contributed by atoms with Crippen molar-refractivity contribution in [1.82, 2.24) is 15.3 Å². The molecule has 6 nitrogen and oxygen atoms in total. The number of nitrogens with one attached hydrogen (secondary N) is 1. The number of rotatable bonds is 5. The minimum absolute atomic E-state index is 0.228. The van der Waals surface area contributed by atoms with Crippen LogP contribution in [0.2, 0.25) is 0 Å². The van der Waals surface area contributed by atoms with Gasteiger partial charge in [0.15, 0.2) is 5.82 Å². The molecule has 1 aromatic heterocycles. The lowest BCUT2D eigenvalue weighted by Crippen LogP contribution is -2.12. The molecule has 0 amide bonds. The number of halogens is 2. The molecule has 0 spiro atoms. The summed E-state index contributed by atoms with van der Waals surface area (Å²) in [7, 11) is 0. The molecular weight excluding hydrogens is 282 g/mol. The van der Waals surface area contributed by atoms with Gasteiger partial charge in [-0.15, -0.1) is 0 Å². The summed E-state index contributed by atoms with van der Waals surface area (Å²) in [5.74, 6) is -2.45. The van der Waals surface area contributed by atoms with E-state index in [9.17, 15) is 18.9 Å². The summed E-state index contributed by atoms with van der Waals surface area (Å²) in [5, 5.41) is 13.7. The van der Waals surface area contributed by atoms with E-state index in [-0.39, 0.29) is 5.82 Å². The number of aromatic nitrogens is 2. The molecule has 0 saturated heterocycles. The van der Waals surface area contributed by atoms with Crippen LogP contribution in [0.3, 0.4) is 0 Å². The summed E-state index contributed by atoms with van der Waals surface area (Å²) in [6, 6.07) is 1.60. The SMILES string of the molecule is CCNCc1cnc(-c2c(F)ccc([N+](=O)[O-])c2F)nc1. The third kappa shape index (κ3) is 3.16. The Morgan fingerprint density at radius 1 is 1.29 bits per heavy atom. The summed E-state index contributed by atoms with van der Waals surface area (Å²) in [5.41, 5.74) is -0.669. The second kappa shape index (κ2) is 6.31. The van der Waals surface area contributed by atoms with Crippen molar-refractivity contribution in [2.45, 2.75) is 13.5 Å². The zero-order chi connectivity index (χ0) is 15.4. The summed E-state index contributed by atoms with van der Waals surface area (Å²) < 4.78 is 27.7. The highest BCUT2D eigenvalue weighted by Gasteiger charge is 2.24. The van der Waals surface area contributed by atoms with E-state index in [1.807, 2.05) is 6.92 Å². The maximum atomic E-state index is 14.0. The van der Waals surface area contributed by atoms with Gasteiger partial charge in [-0.05, 0) is 12.6 Å². The largest absolute Gasteiger partial charge is 0.313 e. The van der Waals surface area contributed by atoms with E-state index in [2.05, 4.69) is 15.3 Å². The highest BCUT2D eigenvalue weighted by atomic mass is 19.1. The molecular formula is C13H12F2N4O2. The molecule has 0 fully saturated rings. The number of nitro groups is 1. The fourth-order valence-corrected chi connectivity index (χ4v) is 1.73. The summed E-state index contributed by atoms with van der Waals surface area (Å²) >= 11 is 0. The topological polar surface area (TPSA) is 81.0 Å². The van der Waals surface area contributed by atoms with Gasteiger partial charge in [0.25, 0.3) is 0 Å². The van der Waals surface area contributed by atoms with Crippen LogP contribution in [0.15, 0.2) is 24.5 Å². The van der Waals surface area contributed by atoms with Gasteiger partial charge in [0, 0.05) is 30.6 Å². The first kappa shape index (κ1) is 14.9. The fourth-order valence-electron chi connectivity index (χ4n) is 1.73. The Kier molecular flexibility index (Phi) is 4.49. The molecule has 0 aliphatic heterocycles. The molecule has 21 heavy (non-hydrogen) atoms. The molecule has 0 unspecified atom stereocenters. The highest BCUT2D eigenvalue weighted by Crippen LogP contribution is 2.29. The first-order valence-corrected chi connectivity index (χ1v) is 6.19. The van der Waals surface area contributed by atoms with Gasteiger partial charge in [0.05, 0.1) is 10.5 Å². The van der Waals surface area contributed by atoms with Crippen molar-refractivity contribution in [3.05, 3.63) is 51.8 Å². The van der Waals surface area contributed by atoms with Crippen LogP contribution in [-0.2, 0) is 6.54 Å².